The Morgan fingerprint density at radius 3 is 2.30 bits per heavy atom. The van der Waals surface area contributed by atoms with Crippen molar-refractivity contribution in [2.45, 2.75) is 23.8 Å². The number of ether oxygens (including phenoxy) is 2. The number of rotatable bonds is 7. The van der Waals surface area contributed by atoms with Crippen LogP contribution in [0.5, 0.6) is 5.75 Å². The van der Waals surface area contributed by atoms with Gasteiger partial charge in [0.05, 0.1) is 18.6 Å². The molecule has 6 nitrogen and oxygen atoms in total. The topological polar surface area (TPSA) is 59.1 Å². The van der Waals surface area contributed by atoms with Crippen molar-refractivity contribution in [3.05, 3.63) is 24.3 Å². The largest absolute Gasteiger partial charge is 0.497 e. The second kappa shape index (κ2) is 8.10. The van der Waals surface area contributed by atoms with Crippen molar-refractivity contribution in [1.82, 2.24) is 9.21 Å². The van der Waals surface area contributed by atoms with E-state index >= 15 is 0 Å². The van der Waals surface area contributed by atoms with Gasteiger partial charge in [-0.25, -0.2) is 8.42 Å². The molecule has 2 rings (SSSR count). The van der Waals surface area contributed by atoms with Gasteiger partial charge in [-0.1, -0.05) is 0 Å². The first-order chi connectivity index (χ1) is 11.0. The number of sulfonamides is 1. The normalized spacial score (nSPS) is 17.6. The van der Waals surface area contributed by atoms with Crippen LogP contribution in [0.1, 0.15) is 12.8 Å². The highest BCUT2D eigenvalue weighted by Gasteiger charge is 2.32. The van der Waals surface area contributed by atoms with E-state index in [1.165, 1.54) is 0 Å². The second-order valence-electron chi connectivity index (χ2n) is 5.82. The predicted octanol–water partition coefficient (Wildman–Crippen LogP) is 1.43. The standard InChI is InChI=1S/C16H26N2O4S/c1-17-10-8-14(9-11-17)18(12-13-21-2)23(19,20)16-6-4-15(22-3)5-7-16/h4-7,14H,8-13H2,1-3H3. The summed E-state index contributed by atoms with van der Waals surface area (Å²) in [6, 6.07) is 6.58. The van der Waals surface area contributed by atoms with Gasteiger partial charge in [-0.15, -0.1) is 0 Å². The van der Waals surface area contributed by atoms with Crippen LogP contribution in [0.25, 0.3) is 0 Å². The molecule has 0 amide bonds. The Morgan fingerprint density at radius 2 is 1.78 bits per heavy atom. The summed E-state index contributed by atoms with van der Waals surface area (Å²) >= 11 is 0. The van der Waals surface area contributed by atoms with E-state index in [9.17, 15) is 8.42 Å². The molecule has 0 saturated carbocycles. The molecule has 0 atom stereocenters. The van der Waals surface area contributed by atoms with Crippen LogP contribution in [-0.2, 0) is 14.8 Å². The number of benzene rings is 1. The van der Waals surface area contributed by atoms with E-state index in [-0.39, 0.29) is 6.04 Å². The molecule has 0 aliphatic carbocycles. The Morgan fingerprint density at radius 1 is 1.17 bits per heavy atom. The van der Waals surface area contributed by atoms with Crippen molar-refractivity contribution >= 4 is 10.0 Å². The lowest BCUT2D eigenvalue weighted by Gasteiger charge is -2.36. The van der Waals surface area contributed by atoms with E-state index in [1.54, 1.807) is 42.8 Å². The van der Waals surface area contributed by atoms with E-state index in [0.29, 0.717) is 23.8 Å². The average molecular weight is 342 g/mol. The van der Waals surface area contributed by atoms with Gasteiger partial charge in [0.1, 0.15) is 5.75 Å². The quantitative estimate of drug-likeness (QED) is 0.750. The Kier molecular flexibility index (Phi) is 6.41. The molecule has 1 fully saturated rings. The van der Waals surface area contributed by atoms with Crippen molar-refractivity contribution in [2.75, 3.05) is 47.5 Å². The molecule has 0 spiro atoms. The molecule has 0 N–H and O–H groups in total. The third kappa shape index (κ3) is 4.44. The van der Waals surface area contributed by atoms with E-state index in [4.69, 9.17) is 9.47 Å². The Bertz CT molecular complexity index is 581. The second-order valence-corrected chi connectivity index (χ2v) is 7.71. The Balaban J connectivity index is 2.24. The molecule has 1 saturated heterocycles. The monoisotopic (exact) mass is 342 g/mol. The maximum atomic E-state index is 13.0. The minimum Gasteiger partial charge on any atom is -0.497 e. The van der Waals surface area contributed by atoms with Crippen LogP contribution in [0, 0.1) is 0 Å². The van der Waals surface area contributed by atoms with Gasteiger partial charge in [0, 0.05) is 19.7 Å². The molecule has 0 aromatic heterocycles. The van der Waals surface area contributed by atoms with Crippen LogP contribution in [0.3, 0.4) is 0 Å². The van der Waals surface area contributed by atoms with Gasteiger partial charge in [0.15, 0.2) is 0 Å². The number of nitrogens with zero attached hydrogens (tertiary/aromatic N) is 2. The summed E-state index contributed by atoms with van der Waals surface area (Å²) in [7, 11) is 1.68. The molecule has 23 heavy (non-hydrogen) atoms. The fourth-order valence-electron chi connectivity index (χ4n) is 2.85. The molecule has 1 aromatic carbocycles. The average Bonchev–Trinajstić information content (AvgIpc) is 2.56. The van der Waals surface area contributed by atoms with Gasteiger partial charge in [-0.2, -0.15) is 4.31 Å². The molecule has 1 aliphatic heterocycles. The maximum absolute atomic E-state index is 13.0. The SMILES string of the molecule is COCCN(C1CCN(C)CC1)S(=O)(=O)c1ccc(OC)cc1. The molecule has 130 valence electrons. The number of hydrogen-bond acceptors (Lipinski definition) is 5. The van der Waals surface area contributed by atoms with Gasteiger partial charge >= 0.3 is 0 Å². The molecule has 0 radical (unpaired) electrons. The molecule has 7 heteroatoms. The molecular weight excluding hydrogens is 316 g/mol. The molecule has 1 aliphatic rings. The van der Waals surface area contributed by atoms with Crippen molar-refractivity contribution in [3.63, 3.8) is 0 Å². The summed E-state index contributed by atoms with van der Waals surface area (Å²) in [5, 5.41) is 0. The molecule has 0 unspecified atom stereocenters. The highest BCUT2D eigenvalue weighted by Crippen LogP contribution is 2.25. The summed E-state index contributed by atoms with van der Waals surface area (Å²) in [5.74, 6) is 0.645. The van der Waals surface area contributed by atoms with E-state index in [2.05, 4.69) is 11.9 Å². The highest BCUT2D eigenvalue weighted by atomic mass is 32.2. The molecular formula is C16H26N2O4S. The van der Waals surface area contributed by atoms with Crippen LogP contribution >= 0.6 is 0 Å². The molecule has 0 bridgehead atoms. The minimum absolute atomic E-state index is 0.0217. The third-order valence-electron chi connectivity index (χ3n) is 4.28. The zero-order valence-electron chi connectivity index (χ0n) is 14.1. The van der Waals surface area contributed by atoms with Gasteiger partial charge in [-0.3, -0.25) is 0 Å². The van der Waals surface area contributed by atoms with E-state index in [1.807, 2.05) is 0 Å². The highest BCUT2D eigenvalue weighted by molar-refractivity contribution is 7.89. The van der Waals surface area contributed by atoms with Crippen LogP contribution in [0.4, 0.5) is 0 Å². The minimum atomic E-state index is -3.54. The van der Waals surface area contributed by atoms with Gasteiger partial charge in [0.25, 0.3) is 0 Å². The Hall–Kier alpha value is -1.15. The number of methoxy groups -OCH3 is 2. The Labute approximate surface area is 139 Å². The smallest absolute Gasteiger partial charge is 0.243 e. The summed E-state index contributed by atoms with van der Waals surface area (Å²) in [6.07, 6.45) is 1.69. The summed E-state index contributed by atoms with van der Waals surface area (Å²) in [6.45, 7) is 2.58. The molecule has 1 heterocycles. The van der Waals surface area contributed by atoms with Crippen LogP contribution in [-0.4, -0.2) is 71.2 Å². The predicted molar refractivity (Wildman–Crippen MR) is 89.3 cm³/mol. The number of hydrogen-bond donors (Lipinski definition) is 0. The van der Waals surface area contributed by atoms with Gasteiger partial charge < -0.3 is 14.4 Å². The van der Waals surface area contributed by atoms with Crippen molar-refractivity contribution < 1.29 is 17.9 Å². The zero-order valence-corrected chi connectivity index (χ0v) is 14.9. The third-order valence-corrected chi connectivity index (χ3v) is 6.24. The zero-order chi connectivity index (χ0) is 16.9. The fourth-order valence-corrected chi connectivity index (χ4v) is 4.52. The van der Waals surface area contributed by atoms with Gasteiger partial charge in [-0.05, 0) is 57.2 Å². The van der Waals surface area contributed by atoms with E-state index < -0.39 is 10.0 Å². The first-order valence-corrected chi connectivity index (χ1v) is 9.26. The van der Waals surface area contributed by atoms with Crippen LogP contribution < -0.4 is 4.74 Å². The molecule has 1 aromatic rings. The summed E-state index contributed by atoms with van der Waals surface area (Å²) in [5.41, 5.74) is 0. The summed E-state index contributed by atoms with van der Waals surface area (Å²) in [4.78, 5) is 2.53. The number of piperidine rings is 1. The first kappa shape index (κ1) is 18.2. The lowest BCUT2D eigenvalue weighted by Crippen LogP contribution is -2.47. The summed E-state index contributed by atoms with van der Waals surface area (Å²) < 4.78 is 37.9. The lowest BCUT2D eigenvalue weighted by atomic mass is 10.1. The van der Waals surface area contributed by atoms with Crippen molar-refractivity contribution in [2.24, 2.45) is 0 Å². The fraction of sp³-hybridized carbons (Fsp3) is 0.625. The maximum Gasteiger partial charge on any atom is 0.243 e. The van der Waals surface area contributed by atoms with Crippen LogP contribution in [0.15, 0.2) is 29.2 Å². The number of likely N-dealkylation sites (tertiary alicyclic amines) is 1. The van der Waals surface area contributed by atoms with Crippen molar-refractivity contribution in [3.8, 4) is 5.75 Å². The lowest BCUT2D eigenvalue weighted by molar-refractivity contribution is 0.137. The van der Waals surface area contributed by atoms with Crippen LogP contribution in [0.2, 0.25) is 0 Å². The van der Waals surface area contributed by atoms with E-state index in [0.717, 1.165) is 25.9 Å². The van der Waals surface area contributed by atoms with Gasteiger partial charge in [0.2, 0.25) is 10.0 Å². The van der Waals surface area contributed by atoms with Crippen molar-refractivity contribution in [1.29, 1.82) is 0 Å². The first-order valence-electron chi connectivity index (χ1n) is 7.82.